The van der Waals surface area contributed by atoms with Crippen molar-refractivity contribution in [2.75, 3.05) is 4.90 Å². The molecule has 0 N–H and O–H groups in total. The molecule has 0 bridgehead atoms. The van der Waals surface area contributed by atoms with E-state index in [2.05, 4.69) is 151 Å². The van der Waals surface area contributed by atoms with Crippen LogP contribution in [-0.4, -0.2) is 4.57 Å². The molecule has 196 valence electrons. The smallest absolute Gasteiger partial charge is 0.0549 e. The standard InChI is InChI=1S/C38H34N2/c1-5-15-29(16-6-2)35-24-25-37(36(17-7-3)34(35)8-4)40(32-20-13-10-14-21-32)33-23-22-30-26-27-39(38(30)28-33)31-18-11-9-12-19-31/h5-28H,1,4H2,2-3H3/b16-6-,17-7-,29-15+. The van der Waals surface area contributed by atoms with E-state index in [4.69, 9.17) is 0 Å². The number of hydrogen-bond donors (Lipinski definition) is 0. The summed E-state index contributed by atoms with van der Waals surface area (Å²) in [5, 5.41) is 1.20. The molecule has 5 rings (SSSR count). The van der Waals surface area contributed by atoms with Gasteiger partial charge in [0.15, 0.2) is 0 Å². The molecule has 0 saturated carbocycles. The highest BCUT2D eigenvalue weighted by molar-refractivity contribution is 5.94. The van der Waals surface area contributed by atoms with Crippen molar-refractivity contribution in [3.63, 3.8) is 0 Å². The van der Waals surface area contributed by atoms with E-state index >= 15 is 0 Å². The first kappa shape index (κ1) is 26.5. The summed E-state index contributed by atoms with van der Waals surface area (Å²) in [5.74, 6) is 0. The third-order valence-electron chi connectivity index (χ3n) is 6.98. The Balaban J connectivity index is 1.78. The topological polar surface area (TPSA) is 8.17 Å². The molecule has 2 heteroatoms. The van der Waals surface area contributed by atoms with Crippen LogP contribution in [0.2, 0.25) is 0 Å². The zero-order valence-electron chi connectivity index (χ0n) is 23.2. The first-order valence-corrected chi connectivity index (χ1v) is 13.6. The van der Waals surface area contributed by atoms with Gasteiger partial charge in [0.05, 0.1) is 11.2 Å². The minimum Gasteiger partial charge on any atom is -0.316 e. The van der Waals surface area contributed by atoms with Crippen LogP contribution < -0.4 is 4.90 Å². The third kappa shape index (κ3) is 5.12. The minimum atomic E-state index is 1.08. The molecule has 0 aliphatic carbocycles. The first-order chi connectivity index (χ1) is 19.7. The molecule has 0 fully saturated rings. The molecule has 0 saturated heterocycles. The van der Waals surface area contributed by atoms with Crippen molar-refractivity contribution in [3.8, 4) is 5.69 Å². The molecule has 0 amide bonds. The Morgan fingerprint density at radius 3 is 2.17 bits per heavy atom. The molecular weight excluding hydrogens is 484 g/mol. The van der Waals surface area contributed by atoms with E-state index in [-0.39, 0.29) is 0 Å². The fourth-order valence-electron chi connectivity index (χ4n) is 5.25. The molecule has 5 aromatic rings. The number of nitrogens with zero attached hydrogens (tertiary/aromatic N) is 2. The van der Waals surface area contributed by atoms with Crippen LogP contribution >= 0.6 is 0 Å². The van der Waals surface area contributed by atoms with E-state index in [9.17, 15) is 0 Å². The van der Waals surface area contributed by atoms with Crippen LogP contribution in [0.15, 0.2) is 147 Å². The van der Waals surface area contributed by atoms with Gasteiger partial charge in [-0.15, -0.1) is 0 Å². The molecule has 2 nitrogen and oxygen atoms in total. The van der Waals surface area contributed by atoms with E-state index in [0.717, 1.165) is 50.5 Å². The van der Waals surface area contributed by atoms with E-state index in [1.54, 1.807) is 0 Å². The number of anilines is 3. The summed E-state index contributed by atoms with van der Waals surface area (Å²) >= 11 is 0. The maximum Gasteiger partial charge on any atom is 0.0549 e. The van der Waals surface area contributed by atoms with Gasteiger partial charge in [-0.3, -0.25) is 0 Å². The Hall–Kier alpha value is -5.08. The highest BCUT2D eigenvalue weighted by atomic mass is 15.1. The van der Waals surface area contributed by atoms with Gasteiger partial charge < -0.3 is 9.47 Å². The van der Waals surface area contributed by atoms with Gasteiger partial charge in [-0.1, -0.05) is 104 Å². The number of benzene rings is 4. The molecule has 4 aromatic carbocycles. The molecule has 0 aliphatic heterocycles. The van der Waals surface area contributed by atoms with Crippen molar-refractivity contribution in [3.05, 3.63) is 163 Å². The molecule has 0 atom stereocenters. The summed E-state index contributed by atoms with van der Waals surface area (Å²) in [6.07, 6.45) is 16.4. The van der Waals surface area contributed by atoms with E-state index in [1.807, 2.05) is 31.2 Å². The molecule has 40 heavy (non-hydrogen) atoms. The number of aromatic nitrogens is 1. The summed E-state index contributed by atoms with van der Waals surface area (Å²) < 4.78 is 2.25. The Morgan fingerprint density at radius 2 is 1.50 bits per heavy atom. The quantitative estimate of drug-likeness (QED) is 0.176. The van der Waals surface area contributed by atoms with Gasteiger partial charge >= 0.3 is 0 Å². The molecule has 0 radical (unpaired) electrons. The van der Waals surface area contributed by atoms with Crippen LogP contribution in [0.5, 0.6) is 0 Å². The molecule has 0 aliphatic rings. The SMILES string of the molecule is C=C/C=C(\C=C/C)c1ccc(N(c2ccccc2)c2ccc3ccn(-c4ccccc4)c3c2)c(/C=C\C)c1C=C. The Morgan fingerprint density at radius 1 is 0.750 bits per heavy atom. The second kappa shape index (κ2) is 12.2. The van der Waals surface area contributed by atoms with E-state index in [1.165, 1.54) is 5.39 Å². The van der Waals surface area contributed by atoms with Gasteiger partial charge in [-0.2, -0.15) is 0 Å². The summed E-state index contributed by atoms with van der Waals surface area (Å²) in [5.41, 5.74) is 9.94. The van der Waals surface area contributed by atoms with Crippen LogP contribution in [-0.2, 0) is 0 Å². The van der Waals surface area contributed by atoms with Gasteiger partial charge in [0.25, 0.3) is 0 Å². The third-order valence-corrected chi connectivity index (χ3v) is 6.98. The molecule has 1 heterocycles. The molecular formula is C38H34N2. The van der Waals surface area contributed by atoms with Crippen LogP contribution in [0, 0.1) is 0 Å². The fourth-order valence-corrected chi connectivity index (χ4v) is 5.25. The maximum atomic E-state index is 4.23. The van der Waals surface area contributed by atoms with Crippen LogP contribution in [0.4, 0.5) is 17.1 Å². The lowest BCUT2D eigenvalue weighted by Crippen LogP contribution is -2.12. The second-order valence-electron chi connectivity index (χ2n) is 9.46. The Labute approximate surface area is 237 Å². The minimum absolute atomic E-state index is 1.08. The molecule has 1 aromatic heterocycles. The van der Waals surface area contributed by atoms with Gasteiger partial charge in [-0.25, -0.2) is 0 Å². The molecule has 0 unspecified atom stereocenters. The summed E-state index contributed by atoms with van der Waals surface area (Å²) in [6, 6.07) is 34.3. The number of fused-ring (bicyclic) bond motifs is 1. The monoisotopic (exact) mass is 518 g/mol. The zero-order valence-corrected chi connectivity index (χ0v) is 23.2. The fraction of sp³-hybridized carbons (Fsp3) is 0.0526. The van der Waals surface area contributed by atoms with E-state index in [0.29, 0.717) is 0 Å². The largest absolute Gasteiger partial charge is 0.316 e. The number of hydrogen-bond acceptors (Lipinski definition) is 1. The summed E-state index contributed by atoms with van der Waals surface area (Å²) in [4.78, 5) is 2.33. The number of rotatable bonds is 9. The summed E-state index contributed by atoms with van der Waals surface area (Å²) in [6.45, 7) is 12.3. The van der Waals surface area contributed by atoms with Gasteiger partial charge in [-0.05, 0) is 79.1 Å². The van der Waals surface area contributed by atoms with Gasteiger partial charge in [0, 0.05) is 34.2 Å². The second-order valence-corrected chi connectivity index (χ2v) is 9.46. The predicted molar refractivity (Wildman–Crippen MR) is 176 cm³/mol. The zero-order chi connectivity index (χ0) is 27.9. The molecule has 0 spiro atoms. The van der Waals surface area contributed by atoms with Crippen molar-refractivity contribution in [1.82, 2.24) is 4.57 Å². The number of para-hydroxylation sites is 2. The lowest BCUT2D eigenvalue weighted by atomic mass is 9.92. The van der Waals surface area contributed by atoms with Gasteiger partial charge in [0.2, 0.25) is 0 Å². The van der Waals surface area contributed by atoms with Crippen molar-refractivity contribution < 1.29 is 0 Å². The highest BCUT2D eigenvalue weighted by Gasteiger charge is 2.20. The summed E-state index contributed by atoms with van der Waals surface area (Å²) in [7, 11) is 0. The Kier molecular flexibility index (Phi) is 8.08. The van der Waals surface area contributed by atoms with Crippen LogP contribution in [0.1, 0.15) is 30.5 Å². The average Bonchev–Trinajstić information content (AvgIpc) is 3.42. The first-order valence-electron chi connectivity index (χ1n) is 13.6. The average molecular weight is 519 g/mol. The lowest BCUT2D eigenvalue weighted by Gasteiger charge is -2.29. The van der Waals surface area contributed by atoms with Crippen molar-refractivity contribution in [2.45, 2.75) is 13.8 Å². The van der Waals surface area contributed by atoms with E-state index < -0.39 is 0 Å². The van der Waals surface area contributed by atoms with Crippen molar-refractivity contribution >= 4 is 45.7 Å². The van der Waals surface area contributed by atoms with Crippen molar-refractivity contribution in [1.29, 1.82) is 0 Å². The number of allylic oxidation sites excluding steroid dienone is 6. The van der Waals surface area contributed by atoms with Gasteiger partial charge in [0.1, 0.15) is 0 Å². The predicted octanol–water partition coefficient (Wildman–Crippen LogP) is 10.9. The Bertz CT molecular complexity index is 1730. The normalized spacial score (nSPS) is 11.9. The lowest BCUT2D eigenvalue weighted by molar-refractivity contribution is 1.13. The highest BCUT2D eigenvalue weighted by Crippen LogP contribution is 2.42. The van der Waals surface area contributed by atoms with Crippen LogP contribution in [0.25, 0.3) is 34.3 Å². The maximum absolute atomic E-state index is 4.23. The van der Waals surface area contributed by atoms with Crippen LogP contribution in [0.3, 0.4) is 0 Å². The van der Waals surface area contributed by atoms with Crippen molar-refractivity contribution in [2.24, 2.45) is 0 Å².